The second-order valence-electron chi connectivity index (χ2n) is 5.36. The molecular formula is C15H24BrN3O. The maximum absolute atomic E-state index is 11.9. The summed E-state index contributed by atoms with van der Waals surface area (Å²) in [4.78, 5) is 13.9. The van der Waals surface area contributed by atoms with E-state index in [2.05, 4.69) is 46.5 Å². The SMILES string of the molecule is CNCc1cc(Br)ccc1N(C)CC(=O)NCC(C)C. The van der Waals surface area contributed by atoms with Crippen molar-refractivity contribution in [2.24, 2.45) is 5.92 Å². The van der Waals surface area contributed by atoms with Gasteiger partial charge in [-0.1, -0.05) is 29.8 Å². The molecule has 0 saturated carbocycles. The average Bonchev–Trinajstić information content (AvgIpc) is 2.36. The van der Waals surface area contributed by atoms with Gasteiger partial charge in [0, 0.05) is 30.3 Å². The topological polar surface area (TPSA) is 44.4 Å². The number of rotatable bonds is 7. The van der Waals surface area contributed by atoms with E-state index in [1.165, 1.54) is 5.56 Å². The summed E-state index contributed by atoms with van der Waals surface area (Å²) in [6, 6.07) is 6.11. The Morgan fingerprint density at radius 1 is 1.40 bits per heavy atom. The molecule has 1 amide bonds. The maximum Gasteiger partial charge on any atom is 0.239 e. The van der Waals surface area contributed by atoms with Crippen LogP contribution in [-0.2, 0) is 11.3 Å². The molecule has 2 N–H and O–H groups in total. The van der Waals surface area contributed by atoms with Crippen molar-refractivity contribution in [1.82, 2.24) is 10.6 Å². The van der Waals surface area contributed by atoms with Gasteiger partial charge in [-0.2, -0.15) is 0 Å². The lowest BCUT2D eigenvalue weighted by atomic mass is 10.1. The van der Waals surface area contributed by atoms with Crippen LogP contribution in [0.25, 0.3) is 0 Å². The summed E-state index contributed by atoms with van der Waals surface area (Å²) in [6.07, 6.45) is 0. The summed E-state index contributed by atoms with van der Waals surface area (Å²) in [6.45, 7) is 6.03. The normalized spacial score (nSPS) is 10.7. The molecule has 112 valence electrons. The lowest BCUT2D eigenvalue weighted by Crippen LogP contribution is -2.37. The fourth-order valence-electron chi connectivity index (χ4n) is 1.93. The lowest BCUT2D eigenvalue weighted by Gasteiger charge is -2.22. The Bertz CT molecular complexity index is 449. The molecule has 1 aromatic carbocycles. The number of benzene rings is 1. The minimum Gasteiger partial charge on any atom is -0.365 e. The van der Waals surface area contributed by atoms with Gasteiger partial charge in [0.15, 0.2) is 0 Å². The molecule has 0 aliphatic rings. The predicted molar refractivity (Wildman–Crippen MR) is 88.0 cm³/mol. The number of halogens is 1. The van der Waals surface area contributed by atoms with Crippen LogP contribution in [0.2, 0.25) is 0 Å². The molecule has 1 aromatic rings. The Balaban J connectivity index is 2.71. The van der Waals surface area contributed by atoms with Crippen molar-refractivity contribution in [1.29, 1.82) is 0 Å². The van der Waals surface area contributed by atoms with E-state index in [4.69, 9.17) is 0 Å². The van der Waals surface area contributed by atoms with Crippen LogP contribution in [0.5, 0.6) is 0 Å². The Labute approximate surface area is 130 Å². The molecule has 4 nitrogen and oxygen atoms in total. The average molecular weight is 342 g/mol. The molecule has 0 aromatic heterocycles. The van der Waals surface area contributed by atoms with Gasteiger partial charge in [-0.3, -0.25) is 4.79 Å². The number of amides is 1. The molecule has 20 heavy (non-hydrogen) atoms. The van der Waals surface area contributed by atoms with Crippen LogP contribution >= 0.6 is 15.9 Å². The first kappa shape index (κ1) is 17.0. The molecule has 0 radical (unpaired) electrons. The number of nitrogens with zero attached hydrogens (tertiary/aromatic N) is 1. The van der Waals surface area contributed by atoms with Gasteiger partial charge in [-0.05, 0) is 36.7 Å². The van der Waals surface area contributed by atoms with Crippen molar-refractivity contribution < 1.29 is 4.79 Å². The highest BCUT2D eigenvalue weighted by atomic mass is 79.9. The number of carbonyl (C=O) groups excluding carboxylic acids is 1. The van der Waals surface area contributed by atoms with E-state index >= 15 is 0 Å². The predicted octanol–water partition coefficient (Wildman–Crippen LogP) is 2.38. The lowest BCUT2D eigenvalue weighted by molar-refractivity contribution is -0.119. The molecule has 0 aliphatic heterocycles. The third-order valence-electron chi connectivity index (χ3n) is 2.91. The quantitative estimate of drug-likeness (QED) is 0.800. The summed E-state index contributed by atoms with van der Waals surface area (Å²) in [5.41, 5.74) is 2.24. The second kappa shape index (κ2) is 8.27. The molecule has 0 aliphatic carbocycles. The van der Waals surface area contributed by atoms with Crippen molar-refractivity contribution in [3.8, 4) is 0 Å². The highest BCUT2D eigenvalue weighted by Crippen LogP contribution is 2.23. The van der Waals surface area contributed by atoms with E-state index in [9.17, 15) is 4.79 Å². The third kappa shape index (κ3) is 5.51. The fourth-order valence-corrected chi connectivity index (χ4v) is 2.34. The Hall–Kier alpha value is -1.07. The number of carbonyl (C=O) groups is 1. The van der Waals surface area contributed by atoms with Crippen molar-refractivity contribution >= 4 is 27.5 Å². The summed E-state index contributed by atoms with van der Waals surface area (Å²) in [7, 11) is 3.86. The Morgan fingerprint density at radius 3 is 2.70 bits per heavy atom. The van der Waals surface area contributed by atoms with Gasteiger partial charge in [0.25, 0.3) is 0 Å². The van der Waals surface area contributed by atoms with Crippen molar-refractivity contribution in [3.63, 3.8) is 0 Å². The largest absolute Gasteiger partial charge is 0.365 e. The highest BCUT2D eigenvalue weighted by molar-refractivity contribution is 9.10. The summed E-state index contributed by atoms with van der Waals surface area (Å²) in [5, 5.41) is 6.09. The van der Waals surface area contributed by atoms with Gasteiger partial charge in [0.05, 0.1) is 6.54 Å². The number of nitrogens with one attached hydrogen (secondary N) is 2. The van der Waals surface area contributed by atoms with Crippen molar-refractivity contribution in [2.45, 2.75) is 20.4 Å². The van der Waals surface area contributed by atoms with E-state index in [1.54, 1.807) is 0 Å². The molecule has 1 rings (SSSR count). The first-order chi connectivity index (χ1) is 9.43. The fraction of sp³-hybridized carbons (Fsp3) is 0.533. The first-order valence-electron chi connectivity index (χ1n) is 6.85. The van der Waals surface area contributed by atoms with Gasteiger partial charge in [0.1, 0.15) is 0 Å². The summed E-state index contributed by atoms with van der Waals surface area (Å²) in [5.74, 6) is 0.524. The van der Waals surface area contributed by atoms with Crippen LogP contribution in [0.3, 0.4) is 0 Å². The summed E-state index contributed by atoms with van der Waals surface area (Å²) < 4.78 is 1.05. The van der Waals surface area contributed by atoms with Crippen molar-refractivity contribution in [3.05, 3.63) is 28.2 Å². The van der Waals surface area contributed by atoms with Gasteiger partial charge >= 0.3 is 0 Å². The molecule has 0 saturated heterocycles. The standard InChI is InChI=1S/C15H24BrN3O/c1-11(2)8-18-15(20)10-19(4)14-6-5-13(16)7-12(14)9-17-3/h5-7,11,17H,8-10H2,1-4H3,(H,18,20). The van der Waals surface area contributed by atoms with E-state index in [0.29, 0.717) is 12.5 Å². The Kier molecular flexibility index (Phi) is 7.02. The maximum atomic E-state index is 11.9. The molecule has 0 fully saturated rings. The molecule has 0 atom stereocenters. The molecular weight excluding hydrogens is 318 g/mol. The number of likely N-dealkylation sites (N-methyl/N-ethyl adjacent to an activating group) is 1. The van der Waals surface area contributed by atoms with Crippen LogP contribution in [-0.4, -0.2) is 33.1 Å². The number of anilines is 1. The van der Waals surface area contributed by atoms with E-state index in [1.807, 2.05) is 31.1 Å². The minimum absolute atomic E-state index is 0.0551. The zero-order valence-corrected chi connectivity index (χ0v) is 14.3. The zero-order valence-electron chi connectivity index (χ0n) is 12.7. The number of hydrogen-bond donors (Lipinski definition) is 2. The van der Waals surface area contributed by atoms with Crippen LogP contribution in [0.4, 0.5) is 5.69 Å². The van der Waals surface area contributed by atoms with Crippen LogP contribution < -0.4 is 15.5 Å². The van der Waals surface area contributed by atoms with Crippen molar-refractivity contribution in [2.75, 3.05) is 32.1 Å². The van der Waals surface area contributed by atoms with Gasteiger partial charge in [-0.25, -0.2) is 0 Å². The molecule has 0 heterocycles. The Morgan fingerprint density at radius 2 is 2.10 bits per heavy atom. The van der Waals surface area contributed by atoms with Gasteiger partial charge in [-0.15, -0.1) is 0 Å². The molecule has 0 bridgehead atoms. The molecule has 0 spiro atoms. The van der Waals surface area contributed by atoms with Gasteiger partial charge < -0.3 is 15.5 Å². The number of hydrogen-bond acceptors (Lipinski definition) is 3. The third-order valence-corrected chi connectivity index (χ3v) is 3.40. The van der Waals surface area contributed by atoms with Crippen LogP contribution in [0.1, 0.15) is 19.4 Å². The monoisotopic (exact) mass is 341 g/mol. The summed E-state index contributed by atoms with van der Waals surface area (Å²) >= 11 is 3.48. The minimum atomic E-state index is 0.0551. The van der Waals surface area contributed by atoms with E-state index < -0.39 is 0 Å². The molecule has 5 heteroatoms. The highest BCUT2D eigenvalue weighted by Gasteiger charge is 2.11. The first-order valence-corrected chi connectivity index (χ1v) is 7.64. The van der Waals surface area contributed by atoms with Crippen LogP contribution in [0.15, 0.2) is 22.7 Å². The second-order valence-corrected chi connectivity index (χ2v) is 6.27. The van der Waals surface area contributed by atoms with Gasteiger partial charge in [0.2, 0.25) is 5.91 Å². The van der Waals surface area contributed by atoms with Crippen LogP contribution in [0, 0.1) is 5.92 Å². The molecule has 0 unspecified atom stereocenters. The van der Waals surface area contributed by atoms with E-state index in [-0.39, 0.29) is 5.91 Å². The zero-order chi connectivity index (χ0) is 15.1. The van der Waals surface area contributed by atoms with E-state index in [0.717, 1.165) is 23.2 Å². The smallest absolute Gasteiger partial charge is 0.239 e.